The molecule has 5 heteroatoms. The molecule has 2 aliphatic rings. The maximum absolute atomic E-state index is 11.8. The molecule has 2 aliphatic heterocycles. The smallest absolute Gasteiger partial charge is 0.324 e. The molecule has 0 amide bonds. The van der Waals surface area contributed by atoms with Crippen LogP contribution < -0.4 is 5.32 Å². The van der Waals surface area contributed by atoms with Gasteiger partial charge >= 0.3 is 5.97 Å². The number of carbonyl (C=O) groups is 1. The number of nitrogens with zero attached hydrogens (tertiary/aromatic N) is 2. The number of ether oxygens (including phenoxy) is 1. The molecule has 0 aromatic rings. The highest BCUT2D eigenvalue weighted by molar-refractivity contribution is 5.76. The Labute approximate surface area is 116 Å². The number of hydrogen-bond acceptors (Lipinski definition) is 5. The van der Waals surface area contributed by atoms with Crippen LogP contribution in [0.1, 0.15) is 26.2 Å². The fraction of sp³-hybridized carbons (Fsp3) is 0.929. The van der Waals surface area contributed by atoms with Crippen LogP contribution in [0.2, 0.25) is 0 Å². The van der Waals surface area contributed by atoms with E-state index in [4.69, 9.17) is 4.74 Å². The zero-order valence-electron chi connectivity index (χ0n) is 12.4. The molecule has 19 heavy (non-hydrogen) atoms. The van der Waals surface area contributed by atoms with Crippen molar-refractivity contribution in [3.8, 4) is 0 Å². The minimum atomic E-state index is -0.207. The van der Waals surface area contributed by atoms with Gasteiger partial charge in [0.1, 0.15) is 6.04 Å². The Bertz CT molecular complexity index is 311. The first-order valence-corrected chi connectivity index (χ1v) is 7.43. The summed E-state index contributed by atoms with van der Waals surface area (Å²) in [4.78, 5) is 16.8. The van der Waals surface area contributed by atoms with Crippen molar-refractivity contribution >= 4 is 5.97 Å². The maximum atomic E-state index is 11.8. The normalized spacial score (nSPS) is 30.1. The van der Waals surface area contributed by atoms with Crippen LogP contribution in [0.3, 0.4) is 0 Å². The number of esters is 1. The average molecular weight is 269 g/mol. The van der Waals surface area contributed by atoms with Crippen LogP contribution in [0.5, 0.6) is 0 Å². The minimum absolute atomic E-state index is 0.132. The summed E-state index contributed by atoms with van der Waals surface area (Å²) in [5.74, 6) is -0.132. The lowest BCUT2D eigenvalue weighted by atomic mass is 10.1. The lowest BCUT2D eigenvalue weighted by molar-refractivity contribution is -0.146. The number of fused-ring (bicyclic) bond motifs is 2. The van der Waals surface area contributed by atoms with Crippen LogP contribution in [0.15, 0.2) is 0 Å². The lowest BCUT2D eigenvalue weighted by Crippen LogP contribution is -2.47. The van der Waals surface area contributed by atoms with Gasteiger partial charge in [0.2, 0.25) is 0 Å². The molecule has 5 nitrogen and oxygen atoms in total. The second kappa shape index (κ2) is 6.68. The molecule has 110 valence electrons. The monoisotopic (exact) mass is 269 g/mol. The molecule has 2 bridgehead atoms. The Morgan fingerprint density at radius 1 is 1.37 bits per heavy atom. The van der Waals surface area contributed by atoms with E-state index < -0.39 is 0 Å². The van der Waals surface area contributed by atoms with E-state index >= 15 is 0 Å². The van der Waals surface area contributed by atoms with Crippen molar-refractivity contribution in [2.45, 2.75) is 44.3 Å². The van der Waals surface area contributed by atoms with E-state index in [1.807, 2.05) is 14.0 Å². The van der Waals surface area contributed by atoms with Crippen molar-refractivity contribution in [2.75, 3.05) is 40.3 Å². The van der Waals surface area contributed by atoms with Crippen molar-refractivity contribution in [3.05, 3.63) is 0 Å². The van der Waals surface area contributed by atoms with Crippen LogP contribution in [0.25, 0.3) is 0 Å². The SMILES string of the molecule is CCOC(=O)C(CN1CCC2CCC(C1)N2C)NC. The van der Waals surface area contributed by atoms with E-state index in [1.165, 1.54) is 19.3 Å². The zero-order chi connectivity index (χ0) is 13.8. The zero-order valence-corrected chi connectivity index (χ0v) is 12.4. The first-order chi connectivity index (χ1) is 9.15. The molecular formula is C14H27N3O2. The second-order valence-electron chi connectivity index (χ2n) is 5.69. The number of hydrogen-bond donors (Lipinski definition) is 1. The molecule has 2 heterocycles. The number of carbonyl (C=O) groups excluding carboxylic acids is 1. The number of likely N-dealkylation sites (tertiary alicyclic amines) is 1. The van der Waals surface area contributed by atoms with Crippen LogP contribution in [-0.4, -0.2) is 74.2 Å². The second-order valence-corrected chi connectivity index (χ2v) is 5.69. The van der Waals surface area contributed by atoms with Crippen molar-refractivity contribution in [3.63, 3.8) is 0 Å². The largest absolute Gasteiger partial charge is 0.465 e. The molecule has 2 rings (SSSR count). The predicted octanol–water partition coefficient (Wildman–Crippen LogP) is 0.306. The van der Waals surface area contributed by atoms with E-state index in [9.17, 15) is 4.79 Å². The van der Waals surface area contributed by atoms with Gasteiger partial charge in [-0.2, -0.15) is 0 Å². The van der Waals surface area contributed by atoms with Gasteiger partial charge in [0.15, 0.2) is 0 Å². The van der Waals surface area contributed by atoms with Gasteiger partial charge in [0, 0.05) is 25.2 Å². The predicted molar refractivity (Wildman–Crippen MR) is 75.1 cm³/mol. The van der Waals surface area contributed by atoms with E-state index in [0.717, 1.165) is 25.7 Å². The molecular weight excluding hydrogens is 242 g/mol. The Morgan fingerprint density at radius 2 is 2.11 bits per heavy atom. The number of nitrogens with one attached hydrogen (secondary N) is 1. The highest BCUT2D eigenvalue weighted by Gasteiger charge is 2.35. The molecule has 0 radical (unpaired) electrons. The highest BCUT2D eigenvalue weighted by Crippen LogP contribution is 2.28. The molecule has 3 unspecified atom stereocenters. The standard InChI is InChI=1S/C14H27N3O2/c1-4-19-14(18)13(15-2)10-17-8-7-11-5-6-12(9-17)16(11)3/h11-13,15H,4-10H2,1-3H3. The van der Waals surface area contributed by atoms with Crippen LogP contribution in [0, 0.1) is 0 Å². The maximum Gasteiger partial charge on any atom is 0.324 e. The third-order valence-corrected chi connectivity index (χ3v) is 4.59. The van der Waals surface area contributed by atoms with Gasteiger partial charge in [-0.3, -0.25) is 14.6 Å². The summed E-state index contributed by atoms with van der Waals surface area (Å²) in [5, 5.41) is 3.08. The van der Waals surface area contributed by atoms with Gasteiger partial charge in [-0.15, -0.1) is 0 Å². The topological polar surface area (TPSA) is 44.8 Å². The Kier molecular flexibility index (Phi) is 5.19. The van der Waals surface area contributed by atoms with Gasteiger partial charge in [-0.25, -0.2) is 0 Å². The summed E-state index contributed by atoms with van der Waals surface area (Å²) in [6.07, 6.45) is 3.84. The van der Waals surface area contributed by atoms with E-state index in [-0.39, 0.29) is 12.0 Å². The van der Waals surface area contributed by atoms with Gasteiger partial charge in [0.05, 0.1) is 6.61 Å². The first kappa shape index (κ1) is 14.8. The Hall–Kier alpha value is -0.650. The summed E-state index contributed by atoms with van der Waals surface area (Å²) >= 11 is 0. The first-order valence-electron chi connectivity index (χ1n) is 7.43. The van der Waals surface area contributed by atoms with Crippen LogP contribution in [-0.2, 0) is 9.53 Å². The van der Waals surface area contributed by atoms with E-state index in [1.54, 1.807) is 0 Å². The molecule has 0 aromatic heterocycles. The molecule has 0 saturated carbocycles. The van der Waals surface area contributed by atoms with E-state index in [2.05, 4.69) is 22.2 Å². The summed E-state index contributed by atoms with van der Waals surface area (Å²) < 4.78 is 5.11. The van der Waals surface area contributed by atoms with Crippen molar-refractivity contribution in [1.82, 2.24) is 15.1 Å². The van der Waals surface area contributed by atoms with Gasteiger partial charge in [-0.1, -0.05) is 0 Å². The summed E-state index contributed by atoms with van der Waals surface area (Å²) in [6.45, 7) is 5.22. The molecule has 0 spiro atoms. The molecule has 1 N–H and O–H groups in total. The van der Waals surface area contributed by atoms with Crippen LogP contribution in [0.4, 0.5) is 0 Å². The summed E-state index contributed by atoms with van der Waals surface area (Å²) in [6, 6.07) is 1.19. The third-order valence-electron chi connectivity index (χ3n) is 4.59. The van der Waals surface area contributed by atoms with Crippen molar-refractivity contribution in [1.29, 1.82) is 0 Å². The number of rotatable bonds is 5. The van der Waals surface area contributed by atoms with Crippen molar-refractivity contribution in [2.24, 2.45) is 0 Å². The summed E-state index contributed by atoms with van der Waals surface area (Å²) in [7, 11) is 4.07. The molecule has 2 saturated heterocycles. The third kappa shape index (κ3) is 3.46. The van der Waals surface area contributed by atoms with Crippen LogP contribution >= 0.6 is 0 Å². The fourth-order valence-electron chi connectivity index (χ4n) is 3.33. The van der Waals surface area contributed by atoms with Gasteiger partial charge in [0.25, 0.3) is 0 Å². The summed E-state index contributed by atoms with van der Waals surface area (Å²) in [5.41, 5.74) is 0. The van der Waals surface area contributed by atoms with Gasteiger partial charge in [-0.05, 0) is 46.8 Å². The highest BCUT2D eigenvalue weighted by atomic mass is 16.5. The average Bonchev–Trinajstić information content (AvgIpc) is 2.63. The molecule has 2 fully saturated rings. The lowest BCUT2D eigenvalue weighted by Gasteiger charge is -2.28. The molecule has 0 aromatic carbocycles. The van der Waals surface area contributed by atoms with Gasteiger partial charge < -0.3 is 10.1 Å². The molecule has 0 aliphatic carbocycles. The number of likely N-dealkylation sites (N-methyl/N-ethyl adjacent to an activating group) is 2. The molecule has 3 atom stereocenters. The van der Waals surface area contributed by atoms with E-state index in [0.29, 0.717) is 12.6 Å². The quantitative estimate of drug-likeness (QED) is 0.728. The Balaban J connectivity index is 1.89. The minimum Gasteiger partial charge on any atom is -0.465 e. The van der Waals surface area contributed by atoms with Crippen molar-refractivity contribution < 1.29 is 9.53 Å². The fourth-order valence-corrected chi connectivity index (χ4v) is 3.33. The Morgan fingerprint density at radius 3 is 2.79 bits per heavy atom.